The zero-order chi connectivity index (χ0) is 18.0. The van der Waals surface area contributed by atoms with Gasteiger partial charge in [0.15, 0.2) is 0 Å². The lowest BCUT2D eigenvalue weighted by Gasteiger charge is -2.13. The lowest BCUT2D eigenvalue weighted by molar-refractivity contribution is -0.143. The van der Waals surface area contributed by atoms with Gasteiger partial charge in [-0.1, -0.05) is 37.1 Å². The molecule has 2 aromatic rings. The molecule has 9 heteroatoms. The van der Waals surface area contributed by atoms with E-state index in [1.165, 1.54) is 0 Å². The summed E-state index contributed by atoms with van der Waals surface area (Å²) in [5.74, 6) is -1.50. The Morgan fingerprint density at radius 3 is 2.52 bits per heavy atom. The molecule has 1 saturated heterocycles. The average molecular weight is 363 g/mol. The van der Waals surface area contributed by atoms with E-state index in [1.54, 1.807) is 24.3 Å². The van der Waals surface area contributed by atoms with Gasteiger partial charge in [-0.3, -0.25) is 14.5 Å². The van der Waals surface area contributed by atoms with Crippen molar-refractivity contribution < 1.29 is 18.8 Å². The van der Waals surface area contributed by atoms with Gasteiger partial charge in [0, 0.05) is 6.54 Å². The molecule has 4 amide bonds. The van der Waals surface area contributed by atoms with Gasteiger partial charge < -0.3 is 4.42 Å². The van der Waals surface area contributed by atoms with Crippen molar-refractivity contribution in [2.45, 2.75) is 26.3 Å². The van der Waals surface area contributed by atoms with E-state index in [-0.39, 0.29) is 24.9 Å². The molecule has 25 heavy (non-hydrogen) atoms. The molecule has 0 radical (unpaired) electrons. The van der Waals surface area contributed by atoms with E-state index in [0.717, 1.165) is 16.2 Å². The number of amides is 4. The molecule has 8 nitrogen and oxygen atoms in total. The Bertz CT molecular complexity index is 835. The van der Waals surface area contributed by atoms with Crippen molar-refractivity contribution in [2.24, 2.45) is 0 Å². The number of carbonyl (C=O) groups excluding carboxylic acids is 3. The van der Waals surface area contributed by atoms with Crippen LogP contribution in [0.3, 0.4) is 0 Å². The van der Waals surface area contributed by atoms with E-state index in [4.69, 9.17) is 16.0 Å². The number of hydrogen-bond donors (Lipinski definition) is 0. The maximum absolute atomic E-state index is 12.3. The van der Waals surface area contributed by atoms with Gasteiger partial charge in [0.2, 0.25) is 11.8 Å². The van der Waals surface area contributed by atoms with Crippen molar-refractivity contribution in [3.63, 3.8) is 0 Å². The molecule has 0 atom stereocenters. The lowest BCUT2D eigenvalue weighted by atomic mass is 10.2. The molecule has 1 aliphatic heterocycles. The van der Waals surface area contributed by atoms with Crippen LogP contribution in [0.1, 0.15) is 25.7 Å². The Morgan fingerprint density at radius 1 is 1.08 bits per heavy atom. The molecule has 0 saturated carbocycles. The summed E-state index contributed by atoms with van der Waals surface area (Å²) in [4.78, 5) is 38.0. The van der Waals surface area contributed by atoms with E-state index in [9.17, 15) is 14.4 Å². The zero-order valence-corrected chi connectivity index (χ0v) is 14.2. The van der Waals surface area contributed by atoms with Gasteiger partial charge >= 0.3 is 17.8 Å². The van der Waals surface area contributed by atoms with Crippen LogP contribution in [0.15, 0.2) is 28.7 Å². The third-order valence-electron chi connectivity index (χ3n) is 3.73. The predicted octanol–water partition coefficient (Wildman–Crippen LogP) is 2.48. The molecule has 0 aliphatic carbocycles. The summed E-state index contributed by atoms with van der Waals surface area (Å²) in [6.07, 6.45) is 1.44. The SMILES string of the molecule is CCCCN1C(=O)C(=O)N(Cc2nnc(-c3ccccc3Cl)o2)C1=O. The molecule has 0 N–H and O–H groups in total. The Morgan fingerprint density at radius 2 is 1.80 bits per heavy atom. The van der Waals surface area contributed by atoms with Crippen molar-refractivity contribution in [2.75, 3.05) is 6.54 Å². The highest BCUT2D eigenvalue weighted by molar-refractivity contribution is 6.44. The van der Waals surface area contributed by atoms with E-state index in [1.807, 2.05) is 6.92 Å². The van der Waals surface area contributed by atoms with Gasteiger partial charge in [-0.25, -0.2) is 9.69 Å². The molecule has 130 valence electrons. The van der Waals surface area contributed by atoms with Crippen LogP contribution in [-0.4, -0.2) is 44.4 Å². The molecular weight excluding hydrogens is 348 g/mol. The fraction of sp³-hybridized carbons (Fsp3) is 0.312. The summed E-state index contributed by atoms with van der Waals surface area (Å²) in [7, 11) is 0. The molecule has 0 unspecified atom stereocenters. The highest BCUT2D eigenvalue weighted by atomic mass is 35.5. The number of halogens is 1. The number of carbonyl (C=O) groups is 3. The third-order valence-corrected chi connectivity index (χ3v) is 4.06. The number of unbranched alkanes of at least 4 members (excludes halogenated alkanes) is 1. The second kappa shape index (κ2) is 7.02. The second-order valence-corrected chi connectivity index (χ2v) is 5.87. The van der Waals surface area contributed by atoms with Crippen molar-refractivity contribution in [3.05, 3.63) is 35.2 Å². The van der Waals surface area contributed by atoms with Gasteiger partial charge in [-0.05, 0) is 18.6 Å². The van der Waals surface area contributed by atoms with Crippen molar-refractivity contribution in [1.29, 1.82) is 0 Å². The smallest absolute Gasteiger partial charge is 0.334 e. The molecule has 3 rings (SSSR count). The van der Waals surface area contributed by atoms with Crippen molar-refractivity contribution >= 4 is 29.4 Å². The molecule has 2 heterocycles. The monoisotopic (exact) mass is 362 g/mol. The number of hydrogen-bond acceptors (Lipinski definition) is 6. The number of nitrogens with zero attached hydrogens (tertiary/aromatic N) is 4. The normalized spacial score (nSPS) is 14.7. The molecule has 1 aromatic carbocycles. The summed E-state index contributed by atoms with van der Waals surface area (Å²) in [5.41, 5.74) is 0.544. The minimum atomic E-state index is -0.890. The van der Waals surface area contributed by atoms with Crippen molar-refractivity contribution in [3.8, 4) is 11.5 Å². The first-order valence-corrected chi connectivity index (χ1v) is 8.15. The van der Waals surface area contributed by atoms with Crippen LogP contribution in [0.2, 0.25) is 5.02 Å². The van der Waals surface area contributed by atoms with Gasteiger partial charge in [-0.2, -0.15) is 0 Å². The summed E-state index contributed by atoms with van der Waals surface area (Å²) < 4.78 is 5.48. The molecule has 1 fully saturated rings. The van der Waals surface area contributed by atoms with Gasteiger partial charge in [0.25, 0.3) is 0 Å². The molecular formula is C16H15ClN4O4. The summed E-state index contributed by atoms with van der Waals surface area (Å²) >= 11 is 6.07. The quantitative estimate of drug-likeness (QED) is 0.578. The van der Waals surface area contributed by atoms with Crippen LogP contribution in [0.4, 0.5) is 4.79 Å². The number of rotatable bonds is 6. The molecule has 0 bridgehead atoms. The topological polar surface area (TPSA) is 96.6 Å². The maximum atomic E-state index is 12.3. The lowest BCUT2D eigenvalue weighted by Crippen LogP contribution is -2.33. The van der Waals surface area contributed by atoms with E-state index in [2.05, 4.69) is 10.2 Å². The Kier molecular flexibility index (Phi) is 4.80. The van der Waals surface area contributed by atoms with E-state index >= 15 is 0 Å². The molecule has 1 aromatic heterocycles. The predicted molar refractivity (Wildman–Crippen MR) is 87.3 cm³/mol. The van der Waals surface area contributed by atoms with Gasteiger partial charge in [0.1, 0.15) is 6.54 Å². The number of aromatic nitrogens is 2. The largest absolute Gasteiger partial charge is 0.419 e. The number of imide groups is 2. The van der Waals surface area contributed by atoms with Crippen LogP contribution < -0.4 is 0 Å². The first kappa shape index (κ1) is 17.1. The van der Waals surface area contributed by atoms with Crippen molar-refractivity contribution in [1.82, 2.24) is 20.0 Å². The average Bonchev–Trinajstić information content (AvgIpc) is 3.14. The highest BCUT2D eigenvalue weighted by Crippen LogP contribution is 2.26. The fourth-order valence-electron chi connectivity index (χ4n) is 2.40. The van der Waals surface area contributed by atoms with Crippen LogP contribution in [-0.2, 0) is 16.1 Å². The van der Waals surface area contributed by atoms with Crippen LogP contribution in [0.25, 0.3) is 11.5 Å². The van der Waals surface area contributed by atoms with Gasteiger partial charge in [0.05, 0.1) is 10.6 Å². The van der Waals surface area contributed by atoms with Crippen LogP contribution in [0.5, 0.6) is 0 Å². The first-order chi connectivity index (χ1) is 12.0. The number of urea groups is 1. The standard InChI is InChI=1S/C16H15ClN4O4/c1-2-3-8-20-14(22)15(23)21(16(20)24)9-12-18-19-13(25-12)10-6-4-5-7-11(10)17/h4-7H,2-3,8-9H2,1H3. The molecule has 0 spiro atoms. The van der Waals surface area contributed by atoms with Gasteiger partial charge in [-0.15, -0.1) is 10.2 Å². The van der Waals surface area contributed by atoms with Crippen LogP contribution in [0, 0.1) is 0 Å². The van der Waals surface area contributed by atoms with Crippen LogP contribution >= 0.6 is 11.6 Å². The van der Waals surface area contributed by atoms with E-state index < -0.39 is 17.8 Å². The molecule has 1 aliphatic rings. The minimum absolute atomic E-state index is 0.0433. The third kappa shape index (κ3) is 3.25. The first-order valence-electron chi connectivity index (χ1n) is 7.77. The summed E-state index contributed by atoms with van der Waals surface area (Å²) in [6, 6.07) is 6.26. The highest BCUT2D eigenvalue weighted by Gasteiger charge is 2.44. The number of benzene rings is 1. The second-order valence-electron chi connectivity index (χ2n) is 5.47. The minimum Gasteiger partial charge on any atom is -0.419 e. The Balaban J connectivity index is 1.77. The zero-order valence-electron chi connectivity index (χ0n) is 13.4. The Labute approximate surface area is 148 Å². The fourth-order valence-corrected chi connectivity index (χ4v) is 2.62. The van der Waals surface area contributed by atoms with E-state index in [0.29, 0.717) is 17.0 Å². The Hall–Kier alpha value is -2.74. The summed E-state index contributed by atoms with van der Waals surface area (Å²) in [6.45, 7) is 1.88. The summed E-state index contributed by atoms with van der Waals surface area (Å²) in [5, 5.41) is 8.14. The maximum Gasteiger partial charge on any atom is 0.334 e.